The molecule has 0 radical (unpaired) electrons. The molecule has 3 aromatic rings. The molecular formula is C26H25N3O8S. The van der Waals surface area contributed by atoms with Crippen LogP contribution in [0.2, 0.25) is 0 Å². The minimum absolute atomic E-state index is 0.134. The Labute approximate surface area is 221 Å². The van der Waals surface area contributed by atoms with Gasteiger partial charge in [-0.05, 0) is 44.2 Å². The van der Waals surface area contributed by atoms with Crippen molar-refractivity contribution in [1.29, 1.82) is 0 Å². The van der Waals surface area contributed by atoms with Gasteiger partial charge in [-0.25, -0.2) is 9.79 Å². The van der Waals surface area contributed by atoms with Gasteiger partial charge in [-0.1, -0.05) is 11.3 Å². The van der Waals surface area contributed by atoms with E-state index in [0.717, 1.165) is 11.3 Å². The number of carbonyl (C=O) groups is 1. The fourth-order valence-electron chi connectivity index (χ4n) is 4.23. The topological polar surface area (TPSA) is 131 Å². The standard InChI is InChI=1S/C26H25N3O8S/c1-6-37-25(31)22-14(2)27-26-28(23(22)18-13-17(34-3)8-10-20(18)36-5)24(30)21(38-26)12-15-11-16(29(32)33)7-9-19(15)35-4/h7-13,23H,6H2,1-5H3/b21-12+/t23-/m1/s1. The number of carbonyl (C=O) groups excluding carboxylic acids is 1. The lowest BCUT2D eigenvalue weighted by Crippen LogP contribution is -2.40. The van der Waals surface area contributed by atoms with Crippen LogP contribution in [0.4, 0.5) is 5.69 Å². The highest BCUT2D eigenvalue weighted by atomic mass is 32.1. The zero-order valence-corrected chi connectivity index (χ0v) is 22.2. The molecule has 0 amide bonds. The molecule has 0 N–H and O–H groups in total. The van der Waals surface area contributed by atoms with Crippen LogP contribution in [0.25, 0.3) is 6.08 Å². The fourth-order valence-corrected chi connectivity index (χ4v) is 5.27. The van der Waals surface area contributed by atoms with Gasteiger partial charge in [0, 0.05) is 23.3 Å². The van der Waals surface area contributed by atoms with E-state index in [0.29, 0.717) is 38.9 Å². The van der Waals surface area contributed by atoms with E-state index < -0.39 is 22.5 Å². The lowest BCUT2D eigenvalue weighted by Gasteiger charge is -2.26. The van der Waals surface area contributed by atoms with Crippen molar-refractivity contribution in [2.24, 2.45) is 4.99 Å². The first-order valence-corrected chi connectivity index (χ1v) is 12.3. The van der Waals surface area contributed by atoms with Crippen molar-refractivity contribution in [2.75, 3.05) is 27.9 Å². The molecule has 0 unspecified atom stereocenters. The highest BCUT2D eigenvalue weighted by molar-refractivity contribution is 7.07. The predicted octanol–water partition coefficient (Wildman–Crippen LogP) is 2.73. The van der Waals surface area contributed by atoms with Crippen molar-refractivity contribution in [1.82, 2.24) is 4.57 Å². The van der Waals surface area contributed by atoms with Gasteiger partial charge >= 0.3 is 5.97 Å². The highest BCUT2D eigenvalue weighted by Gasteiger charge is 2.35. The largest absolute Gasteiger partial charge is 0.497 e. The second-order valence-corrected chi connectivity index (χ2v) is 9.10. The van der Waals surface area contributed by atoms with Gasteiger partial charge in [-0.15, -0.1) is 0 Å². The number of nitro benzene ring substituents is 1. The van der Waals surface area contributed by atoms with Gasteiger partial charge in [0.25, 0.3) is 11.2 Å². The summed E-state index contributed by atoms with van der Waals surface area (Å²) in [5.74, 6) is 0.679. The van der Waals surface area contributed by atoms with Crippen molar-refractivity contribution < 1.29 is 28.7 Å². The molecule has 0 saturated heterocycles. The third kappa shape index (κ3) is 4.77. The molecule has 1 aliphatic heterocycles. The number of thiazole rings is 1. The molecular weight excluding hydrogens is 514 g/mol. The van der Waals surface area contributed by atoms with Gasteiger partial charge in [0.15, 0.2) is 4.80 Å². The van der Waals surface area contributed by atoms with Gasteiger partial charge in [-0.2, -0.15) is 0 Å². The van der Waals surface area contributed by atoms with E-state index in [1.807, 2.05) is 0 Å². The van der Waals surface area contributed by atoms with Crippen molar-refractivity contribution >= 4 is 29.1 Å². The molecule has 198 valence electrons. The van der Waals surface area contributed by atoms with Crippen LogP contribution in [0.15, 0.2) is 57.5 Å². The molecule has 4 rings (SSSR count). The molecule has 0 aliphatic carbocycles. The Hall–Kier alpha value is -4.45. The smallest absolute Gasteiger partial charge is 0.338 e. The average Bonchev–Trinajstić information content (AvgIpc) is 3.21. The first kappa shape index (κ1) is 26.6. The molecule has 2 aromatic carbocycles. The third-order valence-corrected chi connectivity index (χ3v) is 6.94. The van der Waals surface area contributed by atoms with E-state index in [9.17, 15) is 19.7 Å². The van der Waals surface area contributed by atoms with Crippen LogP contribution in [0.3, 0.4) is 0 Å². The highest BCUT2D eigenvalue weighted by Crippen LogP contribution is 2.37. The minimum Gasteiger partial charge on any atom is -0.497 e. The number of benzene rings is 2. The number of rotatable bonds is 8. The average molecular weight is 540 g/mol. The van der Waals surface area contributed by atoms with Crippen LogP contribution in [0.1, 0.15) is 31.0 Å². The number of allylic oxidation sites excluding steroid dienone is 1. The normalized spacial score (nSPS) is 15.0. The number of methoxy groups -OCH3 is 3. The molecule has 1 aliphatic rings. The summed E-state index contributed by atoms with van der Waals surface area (Å²) < 4.78 is 23.3. The Balaban J connectivity index is 2.03. The molecule has 0 bridgehead atoms. The number of esters is 1. The summed E-state index contributed by atoms with van der Waals surface area (Å²) in [6.07, 6.45) is 1.51. The second-order valence-electron chi connectivity index (χ2n) is 8.09. The van der Waals surface area contributed by atoms with Crippen LogP contribution < -0.4 is 29.1 Å². The number of hydrogen-bond donors (Lipinski definition) is 0. The van der Waals surface area contributed by atoms with E-state index in [1.165, 1.54) is 50.2 Å². The molecule has 12 heteroatoms. The molecule has 38 heavy (non-hydrogen) atoms. The van der Waals surface area contributed by atoms with Crippen LogP contribution in [-0.2, 0) is 9.53 Å². The second kappa shape index (κ2) is 10.9. The molecule has 11 nitrogen and oxygen atoms in total. The van der Waals surface area contributed by atoms with E-state index in [-0.39, 0.29) is 22.4 Å². The monoisotopic (exact) mass is 539 g/mol. The number of hydrogen-bond acceptors (Lipinski definition) is 10. The van der Waals surface area contributed by atoms with Crippen LogP contribution in [0.5, 0.6) is 17.2 Å². The zero-order chi connectivity index (χ0) is 27.6. The van der Waals surface area contributed by atoms with Crippen LogP contribution in [-0.4, -0.2) is 43.4 Å². The Bertz CT molecular complexity index is 1640. The van der Waals surface area contributed by atoms with Gasteiger partial charge in [-0.3, -0.25) is 19.5 Å². The lowest BCUT2D eigenvalue weighted by atomic mass is 9.94. The molecule has 2 heterocycles. The number of nitrogens with zero attached hydrogens (tertiary/aromatic N) is 3. The minimum atomic E-state index is -0.926. The first-order valence-electron chi connectivity index (χ1n) is 11.5. The van der Waals surface area contributed by atoms with Crippen LogP contribution >= 0.6 is 11.3 Å². The van der Waals surface area contributed by atoms with Crippen molar-refractivity contribution in [3.63, 3.8) is 0 Å². The van der Waals surface area contributed by atoms with Crippen LogP contribution in [0, 0.1) is 10.1 Å². The SMILES string of the molecule is CCOC(=O)C1=C(C)N=c2s/c(=C/c3cc([N+](=O)[O-])ccc3OC)c(=O)n2[C@@H]1c1cc(OC)ccc1OC. The summed E-state index contributed by atoms with van der Waals surface area (Å²) in [6, 6.07) is 8.29. The number of aromatic nitrogens is 1. The lowest BCUT2D eigenvalue weighted by molar-refractivity contribution is -0.384. The van der Waals surface area contributed by atoms with Crippen molar-refractivity contribution in [3.05, 3.63) is 88.6 Å². The fraction of sp³-hybridized carbons (Fsp3) is 0.269. The molecule has 0 saturated carbocycles. The Morgan fingerprint density at radius 2 is 1.84 bits per heavy atom. The number of non-ortho nitro benzene ring substituents is 1. The summed E-state index contributed by atoms with van der Waals surface area (Å²) in [5, 5.41) is 11.3. The Morgan fingerprint density at radius 3 is 2.47 bits per heavy atom. The van der Waals surface area contributed by atoms with Crippen molar-refractivity contribution in [2.45, 2.75) is 19.9 Å². The Morgan fingerprint density at radius 1 is 1.13 bits per heavy atom. The van der Waals surface area contributed by atoms with Gasteiger partial charge < -0.3 is 18.9 Å². The summed E-state index contributed by atoms with van der Waals surface area (Å²) >= 11 is 1.09. The van der Waals surface area contributed by atoms with E-state index in [2.05, 4.69) is 4.99 Å². The third-order valence-electron chi connectivity index (χ3n) is 5.96. The maximum atomic E-state index is 13.9. The summed E-state index contributed by atoms with van der Waals surface area (Å²) in [5.41, 5.74) is 0.827. The van der Waals surface area contributed by atoms with E-state index >= 15 is 0 Å². The van der Waals surface area contributed by atoms with Gasteiger partial charge in [0.1, 0.15) is 23.3 Å². The van der Waals surface area contributed by atoms with E-state index in [4.69, 9.17) is 18.9 Å². The molecule has 0 spiro atoms. The molecule has 0 fully saturated rings. The number of fused-ring (bicyclic) bond motifs is 1. The summed E-state index contributed by atoms with van der Waals surface area (Å²) in [4.78, 5) is 42.7. The number of ether oxygens (including phenoxy) is 4. The quantitative estimate of drug-likeness (QED) is 0.243. The molecule has 1 atom stereocenters. The maximum Gasteiger partial charge on any atom is 0.338 e. The van der Waals surface area contributed by atoms with Crippen molar-refractivity contribution in [3.8, 4) is 17.2 Å². The predicted molar refractivity (Wildman–Crippen MR) is 140 cm³/mol. The Kier molecular flexibility index (Phi) is 7.62. The maximum absolute atomic E-state index is 13.9. The van der Waals surface area contributed by atoms with Gasteiger partial charge in [0.05, 0.1) is 48.7 Å². The molecule has 1 aromatic heterocycles. The summed E-state index contributed by atoms with van der Waals surface area (Å²) in [6.45, 7) is 3.50. The first-order chi connectivity index (χ1) is 18.2. The van der Waals surface area contributed by atoms with E-state index in [1.54, 1.807) is 32.0 Å². The zero-order valence-electron chi connectivity index (χ0n) is 21.3. The number of nitro groups is 1. The summed E-state index contributed by atoms with van der Waals surface area (Å²) in [7, 11) is 4.44. The van der Waals surface area contributed by atoms with Gasteiger partial charge in [0.2, 0.25) is 0 Å².